The standard InChI is InChI=1S/C16H27BrN2O/c1-3-15(18)16(13-7-9-14(17)10-8-13)19(2)11-5-4-6-12-20/h7-10,15-16,20H,3-6,11-12,18H2,1-2H3. The Morgan fingerprint density at radius 1 is 1.20 bits per heavy atom. The molecule has 0 aromatic heterocycles. The molecule has 0 bridgehead atoms. The van der Waals surface area contributed by atoms with E-state index in [1.165, 1.54) is 5.56 Å². The summed E-state index contributed by atoms with van der Waals surface area (Å²) in [5, 5.41) is 8.83. The largest absolute Gasteiger partial charge is 0.396 e. The third-order valence-corrected chi connectivity index (χ3v) is 4.26. The van der Waals surface area contributed by atoms with Crippen molar-refractivity contribution in [3.05, 3.63) is 34.3 Å². The van der Waals surface area contributed by atoms with Crippen LogP contribution in [0.15, 0.2) is 28.7 Å². The molecule has 0 aliphatic heterocycles. The molecule has 3 nitrogen and oxygen atoms in total. The summed E-state index contributed by atoms with van der Waals surface area (Å²) in [4.78, 5) is 2.34. The minimum absolute atomic E-state index is 0.138. The van der Waals surface area contributed by atoms with Crippen LogP contribution in [0.2, 0.25) is 0 Å². The maximum atomic E-state index is 8.83. The highest BCUT2D eigenvalue weighted by Crippen LogP contribution is 2.25. The Kier molecular flexibility index (Phi) is 8.38. The zero-order valence-electron chi connectivity index (χ0n) is 12.6. The molecule has 2 unspecified atom stereocenters. The minimum atomic E-state index is 0.138. The summed E-state index contributed by atoms with van der Waals surface area (Å²) in [6.07, 6.45) is 4.01. The Morgan fingerprint density at radius 3 is 2.40 bits per heavy atom. The van der Waals surface area contributed by atoms with Crippen molar-refractivity contribution >= 4 is 15.9 Å². The van der Waals surface area contributed by atoms with Crippen molar-refractivity contribution in [3.8, 4) is 0 Å². The van der Waals surface area contributed by atoms with Gasteiger partial charge in [0.25, 0.3) is 0 Å². The van der Waals surface area contributed by atoms with Crippen molar-refractivity contribution in [2.75, 3.05) is 20.2 Å². The molecular formula is C16H27BrN2O. The Morgan fingerprint density at radius 2 is 1.85 bits per heavy atom. The zero-order chi connectivity index (χ0) is 15.0. The second kappa shape index (κ2) is 9.50. The quantitative estimate of drug-likeness (QED) is 0.676. The van der Waals surface area contributed by atoms with Crippen molar-refractivity contribution in [2.24, 2.45) is 5.73 Å². The zero-order valence-corrected chi connectivity index (χ0v) is 14.1. The Labute approximate surface area is 131 Å². The van der Waals surface area contributed by atoms with E-state index >= 15 is 0 Å². The van der Waals surface area contributed by atoms with Gasteiger partial charge in [0.05, 0.1) is 0 Å². The second-order valence-corrected chi connectivity index (χ2v) is 6.25. The molecule has 0 heterocycles. The molecule has 0 aliphatic carbocycles. The van der Waals surface area contributed by atoms with E-state index in [0.29, 0.717) is 0 Å². The predicted molar refractivity (Wildman–Crippen MR) is 88.7 cm³/mol. The number of aliphatic hydroxyl groups is 1. The summed E-state index contributed by atoms with van der Waals surface area (Å²) in [7, 11) is 2.14. The molecule has 0 spiro atoms. The van der Waals surface area contributed by atoms with E-state index < -0.39 is 0 Å². The fourth-order valence-electron chi connectivity index (χ4n) is 2.50. The highest BCUT2D eigenvalue weighted by Gasteiger charge is 2.22. The third kappa shape index (κ3) is 5.52. The van der Waals surface area contributed by atoms with E-state index in [1.54, 1.807) is 0 Å². The molecule has 114 valence electrons. The summed E-state index contributed by atoms with van der Waals surface area (Å²) in [5.41, 5.74) is 7.60. The number of rotatable bonds is 9. The number of nitrogens with two attached hydrogens (primary N) is 1. The molecule has 0 fully saturated rings. The lowest BCUT2D eigenvalue weighted by Gasteiger charge is -2.33. The van der Waals surface area contributed by atoms with E-state index in [9.17, 15) is 0 Å². The molecule has 0 amide bonds. The second-order valence-electron chi connectivity index (χ2n) is 5.33. The van der Waals surface area contributed by atoms with Crippen molar-refractivity contribution in [1.82, 2.24) is 4.90 Å². The first kappa shape index (κ1) is 17.6. The van der Waals surface area contributed by atoms with Crippen LogP contribution in [0.5, 0.6) is 0 Å². The van der Waals surface area contributed by atoms with E-state index in [4.69, 9.17) is 10.8 Å². The average molecular weight is 343 g/mol. The summed E-state index contributed by atoms with van der Waals surface area (Å²) in [6, 6.07) is 8.83. The molecule has 1 aromatic carbocycles. The molecule has 1 aromatic rings. The number of hydrogen-bond acceptors (Lipinski definition) is 3. The molecule has 4 heteroatoms. The van der Waals surface area contributed by atoms with Gasteiger partial charge in [-0.05, 0) is 57.0 Å². The first-order chi connectivity index (χ1) is 9.60. The lowest BCUT2D eigenvalue weighted by Crippen LogP contribution is -2.39. The van der Waals surface area contributed by atoms with Gasteiger partial charge in [0.15, 0.2) is 0 Å². The minimum Gasteiger partial charge on any atom is -0.396 e. The van der Waals surface area contributed by atoms with E-state index in [0.717, 1.165) is 36.7 Å². The number of likely N-dealkylation sites (N-methyl/N-ethyl adjacent to an activating group) is 1. The highest BCUT2D eigenvalue weighted by molar-refractivity contribution is 9.10. The van der Waals surface area contributed by atoms with Crippen molar-refractivity contribution in [3.63, 3.8) is 0 Å². The number of halogens is 1. The van der Waals surface area contributed by atoms with Crippen molar-refractivity contribution in [1.29, 1.82) is 0 Å². The van der Waals surface area contributed by atoms with Crippen molar-refractivity contribution < 1.29 is 5.11 Å². The summed E-state index contributed by atoms with van der Waals surface area (Å²) >= 11 is 3.48. The fourth-order valence-corrected chi connectivity index (χ4v) is 2.76. The molecule has 3 N–H and O–H groups in total. The number of benzene rings is 1. The highest BCUT2D eigenvalue weighted by atomic mass is 79.9. The van der Waals surface area contributed by atoms with Gasteiger partial charge in [0, 0.05) is 23.2 Å². The summed E-state index contributed by atoms with van der Waals surface area (Å²) in [6.45, 7) is 3.43. The molecule has 1 rings (SSSR count). The molecular weight excluding hydrogens is 316 g/mol. The SMILES string of the molecule is CCC(N)C(c1ccc(Br)cc1)N(C)CCCCCO. The first-order valence-electron chi connectivity index (χ1n) is 7.42. The maximum absolute atomic E-state index is 8.83. The van der Waals surface area contributed by atoms with Crippen LogP contribution in [0.1, 0.15) is 44.2 Å². The number of aliphatic hydroxyl groups excluding tert-OH is 1. The lowest BCUT2D eigenvalue weighted by atomic mass is 9.96. The van der Waals surface area contributed by atoms with Gasteiger partial charge in [-0.1, -0.05) is 35.0 Å². The smallest absolute Gasteiger partial charge is 0.0496 e. The van der Waals surface area contributed by atoms with Crippen LogP contribution in [0.3, 0.4) is 0 Å². The molecule has 2 atom stereocenters. The fraction of sp³-hybridized carbons (Fsp3) is 0.625. The number of unbranched alkanes of at least 4 members (excludes halogenated alkanes) is 2. The number of nitrogens with zero attached hydrogens (tertiary/aromatic N) is 1. The van der Waals surface area contributed by atoms with E-state index in [-0.39, 0.29) is 18.7 Å². The van der Waals surface area contributed by atoms with E-state index in [1.807, 2.05) is 0 Å². The van der Waals surface area contributed by atoms with Gasteiger partial charge >= 0.3 is 0 Å². The monoisotopic (exact) mass is 342 g/mol. The molecule has 0 aliphatic rings. The van der Waals surface area contributed by atoms with Crippen LogP contribution in [-0.2, 0) is 0 Å². The first-order valence-corrected chi connectivity index (χ1v) is 8.21. The van der Waals surface area contributed by atoms with Gasteiger partial charge in [-0.15, -0.1) is 0 Å². The van der Waals surface area contributed by atoms with Gasteiger partial charge in [0.2, 0.25) is 0 Å². The number of hydrogen-bond donors (Lipinski definition) is 2. The predicted octanol–water partition coefficient (Wildman–Crippen LogP) is 3.32. The summed E-state index contributed by atoms with van der Waals surface area (Å²) in [5.74, 6) is 0. The van der Waals surface area contributed by atoms with Crippen LogP contribution in [0, 0.1) is 0 Å². The topological polar surface area (TPSA) is 49.5 Å². The van der Waals surface area contributed by atoms with Crippen LogP contribution >= 0.6 is 15.9 Å². The van der Waals surface area contributed by atoms with Crippen LogP contribution < -0.4 is 5.73 Å². The van der Waals surface area contributed by atoms with Gasteiger partial charge in [-0.2, -0.15) is 0 Å². The maximum Gasteiger partial charge on any atom is 0.0496 e. The lowest BCUT2D eigenvalue weighted by molar-refractivity contribution is 0.202. The molecule has 0 radical (unpaired) electrons. The van der Waals surface area contributed by atoms with Crippen LogP contribution in [0.4, 0.5) is 0 Å². The molecule has 20 heavy (non-hydrogen) atoms. The summed E-state index contributed by atoms with van der Waals surface area (Å²) < 4.78 is 1.09. The van der Waals surface area contributed by atoms with E-state index in [2.05, 4.69) is 59.1 Å². The van der Waals surface area contributed by atoms with Gasteiger partial charge in [-0.3, -0.25) is 4.90 Å². The third-order valence-electron chi connectivity index (χ3n) is 3.73. The Bertz CT molecular complexity index is 369. The molecule has 0 saturated heterocycles. The molecule has 0 saturated carbocycles. The Balaban J connectivity index is 2.70. The van der Waals surface area contributed by atoms with Crippen LogP contribution in [0.25, 0.3) is 0 Å². The van der Waals surface area contributed by atoms with Gasteiger partial charge in [-0.25, -0.2) is 0 Å². The van der Waals surface area contributed by atoms with Gasteiger partial charge < -0.3 is 10.8 Å². The van der Waals surface area contributed by atoms with Gasteiger partial charge in [0.1, 0.15) is 0 Å². The normalized spacial score (nSPS) is 14.5. The average Bonchev–Trinajstić information content (AvgIpc) is 2.45. The Hall–Kier alpha value is -0.420. The van der Waals surface area contributed by atoms with Crippen molar-refractivity contribution in [2.45, 2.75) is 44.7 Å². The van der Waals surface area contributed by atoms with Crippen LogP contribution in [-0.4, -0.2) is 36.2 Å².